The van der Waals surface area contributed by atoms with Crippen LogP contribution in [0.2, 0.25) is 0 Å². The molecule has 2 N–H and O–H groups in total. The molecule has 0 saturated heterocycles. The van der Waals surface area contributed by atoms with E-state index in [1.54, 1.807) is 30.3 Å². The molecule has 1 heterocycles. The number of hydrogen-bond acceptors (Lipinski definition) is 4. The number of aliphatic imine (C=N–C) groups is 1. The Hall–Kier alpha value is -2.74. The summed E-state index contributed by atoms with van der Waals surface area (Å²) in [6, 6.07) is 11.9. The van der Waals surface area contributed by atoms with E-state index >= 15 is 0 Å². The van der Waals surface area contributed by atoms with Gasteiger partial charge in [-0.1, -0.05) is 38.1 Å². The lowest BCUT2D eigenvalue weighted by molar-refractivity contribution is -0.123. The van der Waals surface area contributed by atoms with Crippen molar-refractivity contribution in [2.45, 2.75) is 31.2 Å². The Morgan fingerprint density at radius 3 is 2.50 bits per heavy atom. The molecule has 0 fully saturated rings. The number of amides is 1. The number of amidine groups is 1. The molecule has 0 spiro atoms. The fourth-order valence-corrected chi connectivity index (χ4v) is 4.20. The average Bonchev–Trinajstić information content (AvgIpc) is 2.91. The number of nitrogens with zero attached hydrogens (tertiary/aromatic N) is 1. The van der Waals surface area contributed by atoms with Crippen LogP contribution in [0.15, 0.2) is 58.4 Å². The summed E-state index contributed by atoms with van der Waals surface area (Å²) >= 11 is 0. The van der Waals surface area contributed by atoms with Gasteiger partial charge in [0.25, 0.3) is 10.0 Å². The molecule has 2 aromatic rings. The van der Waals surface area contributed by atoms with Crippen LogP contribution in [-0.2, 0) is 21.2 Å². The third-order valence-corrected chi connectivity index (χ3v) is 5.85. The molecule has 3 rings (SSSR count). The van der Waals surface area contributed by atoms with Gasteiger partial charge in [-0.05, 0) is 42.2 Å². The molecule has 1 atom stereocenters. The lowest BCUT2D eigenvalue weighted by Gasteiger charge is -2.17. The standard InChI is InChI=1S/C20H22FN3O3S/c1-13(2)18(20(25)22-12-11-14-7-9-15(21)10-8-14)23-19-16-5-3-4-6-17(16)28(26,27)24-19/h3-10,13,18H,11-12H2,1-2H3,(H,22,25)(H,23,24)/t18-/m1/s1. The molecule has 0 bridgehead atoms. The predicted octanol–water partition coefficient (Wildman–Crippen LogP) is 2.25. The van der Waals surface area contributed by atoms with E-state index in [9.17, 15) is 17.6 Å². The van der Waals surface area contributed by atoms with Crippen LogP contribution in [-0.4, -0.2) is 32.7 Å². The number of nitrogens with one attached hydrogen (secondary N) is 2. The highest BCUT2D eigenvalue weighted by Crippen LogP contribution is 2.23. The maximum Gasteiger partial charge on any atom is 0.263 e. The van der Waals surface area contributed by atoms with Crippen molar-refractivity contribution < 1.29 is 17.6 Å². The Morgan fingerprint density at radius 1 is 1.14 bits per heavy atom. The summed E-state index contributed by atoms with van der Waals surface area (Å²) in [5, 5.41) is 2.83. The first-order chi connectivity index (χ1) is 13.3. The van der Waals surface area contributed by atoms with Crippen molar-refractivity contribution in [3.63, 3.8) is 0 Å². The normalized spacial score (nSPS) is 17.2. The highest BCUT2D eigenvalue weighted by Gasteiger charge is 2.32. The van der Waals surface area contributed by atoms with Crippen molar-refractivity contribution in [3.05, 3.63) is 65.5 Å². The summed E-state index contributed by atoms with van der Waals surface area (Å²) in [5.74, 6) is -0.533. The Balaban J connectivity index is 1.72. The third kappa shape index (κ3) is 4.39. The second-order valence-electron chi connectivity index (χ2n) is 6.94. The highest BCUT2D eigenvalue weighted by atomic mass is 32.2. The minimum Gasteiger partial charge on any atom is -0.354 e. The SMILES string of the molecule is CC(C)[C@@H](N=C1NS(=O)(=O)c2ccccc21)C(=O)NCCc1ccc(F)cc1. The average molecular weight is 403 g/mol. The van der Waals surface area contributed by atoms with Gasteiger partial charge >= 0.3 is 0 Å². The molecule has 0 aromatic heterocycles. The summed E-state index contributed by atoms with van der Waals surface area (Å²) in [5.41, 5.74) is 1.37. The quantitative estimate of drug-likeness (QED) is 0.776. The molecule has 0 aliphatic carbocycles. The number of carbonyl (C=O) groups is 1. The Kier molecular flexibility index (Phi) is 5.79. The molecular formula is C20H22FN3O3S. The number of halogens is 1. The molecule has 28 heavy (non-hydrogen) atoms. The summed E-state index contributed by atoms with van der Waals surface area (Å²) in [7, 11) is -3.65. The van der Waals surface area contributed by atoms with Crippen LogP contribution in [0.4, 0.5) is 4.39 Å². The first-order valence-electron chi connectivity index (χ1n) is 9.00. The van der Waals surface area contributed by atoms with Gasteiger partial charge in [0, 0.05) is 12.1 Å². The zero-order chi connectivity index (χ0) is 20.3. The first kappa shape index (κ1) is 20.0. The van der Waals surface area contributed by atoms with Gasteiger partial charge < -0.3 is 5.32 Å². The van der Waals surface area contributed by atoms with Crippen molar-refractivity contribution in [2.24, 2.45) is 10.9 Å². The van der Waals surface area contributed by atoms with E-state index < -0.39 is 16.1 Å². The maximum absolute atomic E-state index is 13.0. The van der Waals surface area contributed by atoms with Gasteiger partial charge in [-0.25, -0.2) is 12.8 Å². The molecule has 148 valence electrons. The first-order valence-corrected chi connectivity index (χ1v) is 10.5. The van der Waals surface area contributed by atoms with Crippen LogP contribution in [0.3, 0.4) is 0 Å². The fourth-order valence-electron chi connectivity index (χ4n) is 2.96. The van der Waals surface area contributed by atoms with Crippen LogP contribution in [0.1, 0.15) is 25.0 Å². The van der Waals surface area contributed by atoms with E-state index in [0.717, 1.165) is 5.56 Å². The predicted molar refractivity (Wildman–Crippen MR) is 105 cm³/mol. The summed E-state index contributed by atoms with van der Waals surface area (Å²) in [6.45, 7) is 4.08. The second-order valence-corrected chi connectivity index (χ2v) is 8.59. The van der Waals surface area contributed by atoms with E-state index in [1.807, 2.05) is 13.8 Å². The number of hydrogen-bond donors (Lipinski definition) is 2. The van der Waals surface area contributed by atoms with Crippen molar-refractivity contribution >= 4 is 21.8 Å². The smallest absolute Gasteiger partial charge is 0.263 e. The summed E-state index contributed by atoms with van der Waals surface area (Å²) in [6.07, 6.45) is 0.558. The van der Waals surface area contributed by atoms with Crippen molar-refractivity contribution in [2.75, 3.05) is 6.54 Å². The molecule has 8 heteroatoms. The van der Waals surface area contributed by atoms with Gasteiger partial charge in [-0.3, -0.25) is 14.5 Å². The molecular weight excluding hydrogens is 381 g/mol. The van der Waals surface area contributed by atoms with Crippen LogP contribution in [0.5, 0.6) is 0 Å². The van der Waals surface area contributed by atoms with Crippen LogP contribution in [0, 0.1) is 11.7 Å². The molecule has 6 nitrogen and oxygen atoms in total. The van der Waals surface area contributed by atoms with E-state index in [4.69, 9.17) is 0 Å². The van der Waals surface area contributed by atoms with Crippen molar-refractivity contribution in [3.8, 4) is 0 Å². The fraction of sp³-hybridized carbons (Fsp3) is 0.300. The molecule has 1 aliphatic heterocycles. The maximum atomic E-state index is 13.0. The van der Waals surface area contributed by atoms with Gasteiger partial charge in [0.05, 0.1) is 4.90 Å². The lowest BCUT2D eigenvalue weighted by atomic mass is 10.0. The molecule has 1 amide bonds. The number of rotatable bonds is 6. The number of sulfonamides is 1. The largest absolute Gasteiger partial charge is 0.354 e. The molecule has 1 aliphatic rings. The van der Waals surface area contributed by atoms with Gasteiger partial charge in [0.1, 0.15) is 17.7 Å². The lowest BCUT2D eigenvalue weighted by Crippen LogP contribution is -2.39. The van der Waals surface area contributed by atoms with E-state index in [0.29, 0.717) is 18.5 Å². The number of carbonyl (C=O) groups excluding carboxylic acids is 1. The molecule has 0 saturated carbocycles. The number of fused-ring (bicyclic) bond motifs is 1. The zero-order valence-electron chi connectivity index (χ0n) is 15.6. The monoisotopic (exact) mass is 403 g/mol. The summed E-state index contributed by atoms with van der Waals surface area (Å²) in [4.78, 5) is 17.2. The van der Waals surface area contributed by atoms with E-state index in [1.165, 1.54) is 18.2 Å². The third-order valence-electron chi connectivity index (χ3n) is 4.46. The van der Waals surface area contributed by atoms with Crippen LogP contribution >= 0.6 is 0 Å². The Morgan fingerprint density at radius 2 is 1.82 bits per heavy atom. The van der Waals surface area contributed by atoms with Crippen LogP contribution in [0.25, 0.3) is 0 Å². The van der Waals surface area contributed by atoms with Gasteiger partial charge in [0.2, 0.25) is 5.91 Å². The minimum atomic E-state index is -3.65. The van der Waals surface area contributed by atoms with Crippen LogP contribution < -0.4 is 10.0 Å². The van der Waals surface area contributed by atoms with Crippen molar-refractivity contribution in [1.82, 2.24) is 10.0 Å². The van der Waals surface area contributed by atoms with Gasteiger partial charge in [-0.2, -0.15) is 0 Å². The Labute approximate surface area is 163 Å². The Bertz CT molecular complexity index is 1000. The molecule has 0 radical (unpaired) electrons. The minimum absolute atomic E-state index is 0.129. The summed E-state index contributed by atoms with van der Waals surface area (Å²) < 4.78 is 39.8. The molecule has 0 unspecified atom stereocenters. The van der Waals surface area contributed by atoms with Gasteiger partial charge in [0.15, 0.2) is 0 Å². The molecule has 2 aromatic carbocycles. The highest BCUT2D eigenvalue weighted by molar-refractivity contribution is 7.90. The van der Waals surface area contributed by atoms with Gasteiger partial charge in [-0.15, -0.1) is 0 Å². The zero-order valence-corrected chi connectivity index (χ0v) is 16.5. The van der Waals surface area contributed by atoms with E-state index in [-0.39, 0.29) is 28.4 Å². The van der Waals surface area contributed by atoms with E-state index in [2.05, 4.69) is 15.0 Å². The van der Waals surface area contributed by atoms with Crippen molar-refractivity contribution in [1.29, 1.82) is 0 Å². The topological polar surface area (TPSA) is 87.6 Å². The second kappa shape index (κ2) is 8.10. The number of benzene rings is 2.